The van der Waals surface area contributed by atoms with Gasteiger partial charge in [0.15, 0.2) is 0 Å². The van der Waals surface area contributed by atoms with Crippen molar-refractivity contribution in [3.05, 3.63) is 70.4 Å². The molecule has 3 aromatic rings. The Morgan fingerprint density at radius 3 is 2.61 bits per heavy atom. The number of rotatable bonds is 5. The van der Waals surface area contributed by atoms with Crippen LogP contribution in [0.3, 0.4) is 0 Å². The standard InChI is InChI=1S/C28H31FN2O2/c1-17-12-23(18-2-3-18)24(22-8-10-30-26(17)22)16-31-11-9-28(13-21(29)14-28)15-25(31)19-4-6-20(7-5-19)27(32)33/h4-8,10,12,18,21,25,30H,2-3,9,11,13-16H2,1H3,(H,32,33). The number of aromatic carboxylic acids is 1. The predicted octanol–water partition coefficient (Wildman–Crippen LogP) is 6.51. The number of nitrogens with zero attached hydrogens (tertiary/aromatic N) is 1. The van der Waals surface area contributed by atoms with Gasteiger partial charge in [-0.2, -0.15) is 0 Å². The van der Waals surface area contributed by atoms with E-state index in [-0.39, 0.29) is 11.5 Å². The molecule has 4 nitrogen and oxygen atoms in total. The van der Waals surface area contributed by atoms with Gasteiger partial charge in [-0.25, -0.2) is 9.18 Å². The Labute approximate surface area is 193 Å². The first kappa shape index (κ1) is 20.9. The number of carboxylic acids is 1. The fourth-order valence-corrected chi connectivity index (χ4v) is 6.43. The van der Waals surface area contributed by atoms with Crippen LogP contribution in [-0.2, 0) is 6.54 Å². The first-order chi connectivity index (χ1) is 15.9. The van der Waals surface area contributed by atoms with E-state index in [4.69, 9.17) is 0 Å². The molecule has 2 heterocycles. The Balaban J connectivity index is 1.37. The molecule has 2 N–H and O–H groups in total. The molecule has 6 rings (SSSR count). The number of aromatic amines is 1. The molecule has 5 heteroatoms. The molecular formula is C28H31FN2O2. The molecule has 1 spiro atoms. The number of alkyl halides is 1. The highest BCUT2D eigenvalue weighted by molar-refractivity contribution is 5.88. The van der Waals surface area contributed by atoms with Crippen molar-refractivity contribution >= 4 is 16.9 Å². The van der Waals surface area contributed by atoms with Crippen LogP contribution in [-0.4, -0.2) is 33.7 Å². The van der Waals surface area contributed by atoms with Gasteiger partial charge in [0.1, 0.15) is 6.17 Å². The molecule has 2 aliphatic carbocycles. The third kappa shape index (κ3) is 3.67. The van der Waals surface area contributed by atoms with Crippen LogP contribution >= 0.6 is 0 Å². The molecular weight excluding hydrogens is 415 g/mol. The first-order valence-electron chi connectivity index (χ1n) is 12.2. The van der Waals surface area contributed by atoms with E-state index in [1.54, 1.807) is 12.1 Å². The molecule has 172 valence electrons. The van der Waals surface area contributed by atoms with Crippen LogP contribution < -0.4 is 0 Å². The molecule has 2 aromatic carbocycles. The van der Waals surface area contributed by atoms with E-state index >= 15 is 0 Å². The molecule has 1 unspecified atom stereocenters. The summed E-state index contributed by atoms with van der Waals surface area (Å²) in [6, 6.07) is 12.1. The number of halogens is 1. The summed E-state index contributed by atoms with van der Waals surface area (Å²) in [5.74, 6) is -0.234. The summed E-state index contributed by atoms with van der Waals surface area (Å²) >= 11 is 0. The Kier molecular flexibility index (Phi) is 4.88. The van der Waals surface area contributed by atoms with Gasteiger partial charge in [-0.15, -0.1) is 0 Å². The predicted molar refractivity (Wildman–Crippen MR) is 127 cm³/mol. The van der Waals surface area contributed by atoms with E-state index in [0.29, 0.717) is 24.3 Å². The second-order valence-electron chi connectivity index (χ2n) is 10.7. The van der Waals surface area contributed by atoms with Crippen molar-refractivity contribution in [2.75, 3.05) is 6.54 Å². The van der Waals surface area contributed by atoms with Gasteiger partial charge in [-0.05, 0) is 104 Å². The van der Waals surface area contributed by atoms with Crippen LogP contribution in [0.2, 0.25) is 0 Å². The average Bonchev–Trinajstić information content (AvgIpc) is 3.51. The van der Waals surface area contributed by atoms with Gasteiger partial charge in [-0.1, -0.05) is 18.2 Å². The second kappa shape index (κ2) is 7.69. The number of carboxylic acid groups (broad SMARTS) is 1. The fraction of sp³-hybridized carbons (Fsp3) is 0.464. The second-order valence-corrected chi connectivity index (χ2v) is 10.7. The lowest BCUT2D eigenvalue weighted by atomic mass is 9.60. The quantitative estimate of drug-likeness (QED) is 0.470. The molecule has 2 saturated carbocycles. The van der Waals surface area contributed by atoms with Crippen molar-refractivity contribution in [2.45, 2.75) is 70.1 Å². The summed E-state index contributed by atoms with van der Waals surface area (Å²) in [5, 5.41) is 10.7. The highest BCUT2D eigenvalue weighted by atomic mass is 19.1. The van der Waals surface area contributed by atoms with E-state index in [2.05, 4.69) is 28.9 Å². The number of carbonyl (C=O) groups is 1. The van der Waals surface area contributed by atoms with E-state index in [9.17, 15) is 14.3 Å². The summed E-state index contributed by atoms with van der Waals surface area (Å²) in [5.41, 5.74) is 7.01. The minimum absolute atomic E-state index is 0.0993. The molecule has 1 aliphatic heterocycles. The number of hydrogen-bond donors (Lipinski definition) is 2. The number of hydrogen-bond acceptors (Lipinski definition) is 2. The van der Waals surface area contributed by atoms with Gasteiger partial charge in [-0.3, -0.25) is 4.90 Å². The average molecular weight is 447 g/mol. The van der Waals surface area contributed by atoms with Crippen LogP contribution in [0.25, 0.3) is 10.9 Å². The van der Waals surface area contributed by atoms with Crippen LogP contribution in [0, 0.1) is 12.3 Å². The van der Waals surface area contributed by atoms with E-state index in [0.717, 1.165) is 31.5 Å². The lowest BCUT2D eigenvalue weighted by Crippen LogP contribution is -2.49. The summed E-state index contributed by atoms with van der Waals surface area (Å²) in [6.07, 6.45) is 7.24. The zero-order valence-electron chi connectivity index (χ0n) is 19.1. The van der Waals surface area contributed by atoms with Crippen molar-refractivity contribution in [3.8, 4) is 0 Å². The molecule has 1 atom stereocenters. The van der Waals surface area contributed by atoms with Crippen molar-refractivity contribution in [2.24, 2.45) is 5.41 Å². The highest BCUT2D eigenvalue weighted by Gasteiger charge is 2.49. The normalized spacial score (nSPS) is 27.7. The maximum atomic E-state index is 13.9. The summed E-state index contributed by atoms with van der Waals surface area (Å²) in [7, 11) is 0. The van der Waals surface area contributed by atoms with Crippen molar-refractivity contribution < 1.29 is 14.3 Å². The van der Waals surface area contributed by atoms with Crippen molar-refractivity contribution in [3.63, 3.8) is 0 Å². The highest BCUT2D eigenvalue weighted by Crippen LogP contribution is 2.55. The molecule has 1 aromatic heterocycles. The number of fused-ring (bicyclic) bond motifs is 1. The molecule has 0 amide bonds. The number of nitrogens with one attached hydrogen (secondary N) is 1. The maximum Gasteiger partial charge on any atom is 0.335 e. The van der Waals surface area contributed by atoms with Gasteiger partial charge in [0.05, 0.1) is 5.56 Å². The number of benzene rings is 2. The topological polar surface area (TPSA) is 56.3 Å². The molecule has 33 heavy (non-hydrogen) atoms. The van der Waals surface area contributed by atoms with Gasteiger partial charge in [0.25, 0.3) is 0 Å². The Morgan fingerprint density at radius 2 is 1.94 bits per heavy atom. The van der Waals surface area contributed by atoms with E-state index in [1.807, 2.05) is 18.3 Å². The molecule has 0 bridgehead atoms. The van der Waals surface area contributed by atoms with Crippen LogP contribution in [0.1, 0.15) is 83.1 Å². The summed E-state index contributed by atoms with van der Waals surface area (Å²) in [6.45, 7) is 4.01. The Morgan fingerprint density at radius 1 is 1.18 bits per heavy atom. The SMILES string of the molecule is Cc1cc(C2CC2)c(CN2CCC3(CC(F)C3)CC2c2ccc(C(=O)O)cc2)c2cc[nH]c12. The monoisotopic (exact) mass is 446 g/mol. The van der Waals surface area contributed by atoms with Gasteiger partial charge < -0.3 is 10.1 Å². The van der Waals surface area contributed by atoms with Crippen LogP contribution in [0.15, 0.2) is 42.6 Å². The Bertz CT molecular complexity index is 1200. The third-order valence-electron chi connectivity index (χ3n) is 8.41. The minimum atomic E-state index is -0.902. The van der Waals surface area contributed by atoms with Crippen LogP contribution in [0.4, 0.5) is 4.39 Å². The summed E-state index contributed by atoms with van der Waals surface area (Å²) in [4.78, 5) is 17.4. The van der Waals surface area contributed by atoms with Gasteiger partial charge in [0, 0.05) is 29.7 Å². The zero-order chi connectivity index (χ0) is 22.7. The fourth-order valence-electron chi connectivity index (χ4n) is 6.43. The smallest absolute Gasteiger partial charge is 0.335 e. The Hall–Kier alpha value is -2.66. The number of piperidine rings is 1. The third-order valence-corrected chi connectivity index (χ3v) is 8.41. The van der Waals surface area contributed by atoms with Crippen LogP contribution in [0.5, 0.6) is 0 Å². The lowest BCUT2D eigenvalue weighted by Gasteiger charge is -2.53. The maximum absolute atomic E-state index is 13.9. The molecule has 0 radical (unpaired) electrons. The first-order valence-corrected chi connectivity index (χ1v) is 12.2. The molecule has 1 saturated heterocycles. The largest absolute Gasteiger partial charge is 0.478 e. The number of aromatic nitrogens is 1. The van der Waals surface area contributed by atoms with Crippen molar-refractivity contribution in [1.82, 2.24) is 9.88 Å². The minimum Gasteiger partial charge on any atom is -0.478 e. The zero-order valence-corrected chi connectivity index (χ0v) is 19.1. The molecule has 3 fully saturated rings. The lowest BCUT2D eigenvalue weighted by molar-refractivity contribution is -0.0559. The van der Waals surface area contributed by atoms with E-state index < -0.39 is 12.1 Å². The van der Waals surface area contributed by atoms with Crippen molar-refractivity contribution in [1.29, 1.82) is 0 Å². The number of likely N-dealkylation sites (tertiary alicyclic amines) is 1. The number of H-pyrrole nitrogens is 1. The molecule has 3 aliphatic rings. The summed E-state index contributed by atoms with van der Waals surface area (Å²) < 4.78 is 13.9. The van der Waals surface area contributed by atoms with Gasteiger partial charge in [0.2, 0.25) is 0 Å². The van der Waals surface area contributed by atoms with Gasteiger partial charge >= 0.3 is 5.97 Å². The number of aryl methyl sites for hydroxylation is 1. The van der Waals surface area contributed by atoms with E-state index in [1.165, 1.54) is 40.4 Å².